The lowest BCUT2D eigenvalue weighted by Crippen LogP contribution is -2.44. The fourth-order valence-electron chi connectivity index (χ4n) is 1.29. The molecule has 6 heteroatoms. The van der Waals surface area contributed by atoms with Gasteiger partial charge in [0.05, 0.1) is 12.0 Å². The minimum Gasteiger partial charge on any atom is -0.492 e. The van der Waals surface area contributed by atoms with Gasteiger partial charge in [-0.25, -0.2) is 4.79 Å². The maximum Gasteiger partial charge on any atom is 0.314 e. The first-order valence-electron chi connectivity index (χ1n) is 6.35. The second-order valence-corrected chi connectivity index (χ2v) is 4.96. The molecule has 0 unspecified atom stereocenters. The molecular formula is C14H20N2O4. The fourth-order valence-corrected chi connectivity index (χ4v) is 1.29. The van der Waals surface area contributed by atoms with Crippen molar-refractivity contribution in [3.05, 3.63) is 30.3 Å². The van der Waals surface area contributed by atoms with E-state index in [1.807, 2.05) is 30.3 Å². The van der Waals surface area contributed by atoms with Gasteiger partial charge in [0.25, 0.3) is 0 Å². The van der Waals surface area contributed by atoms with Crippen molar-refractivity contribution < 1.29 is 19.4 Å². The van der Waals surface area contributed by atoms with Crippen molar-refractivity contribution in [2.45, 2.75) is 13.8 Å². The van der Waals surface area contributed by atoms with Gasteiger partial charge in [0.15, 0.2) is 0 Å². The van der Waals surface area contributed by atoms with Crippen molar-refractivity contribution in [2.24, 2.45) is 5.41 Å². The molecule has 0 heterocycles. The third-order valence-corrected chi connectivity index (χ3v) is 2.67. The van der Waals surface area contributed by atoms with Gasteiger partial charge in [-0.15, -0.1) is 0 Å². The van der Waals surface area contributed by atoms with Crippen molar-refractivity contribution in [3.8, 4) is 5.75 Å². The molecule has 0 aromatic heterocycles. The third kappa shape index (κ3) is 5.60. The minimum absolute atomic E-state index is 0.0632. The predicted octanol–water partition coefficient (Wildman–Crippen LogP) is 1.48. The van der Waals surface area contributed by atoms with E-state index in [-0.39, 0.29) is 6.54 Å². The van der Waals surface area contributed by atoms with Gasteiger partial charge < -0.3 is 20.5 Å². The first-order valence-corrected chi connectivity index (χ1v) is 6.35. The van der Waals surface area contributed by atoms with Crippen LogP contribution < -0.4 is 15.4 Å². The Bertz CT molecular complexity index is 446. The summed E-state index contributed by atoms with van der Waals surface area (Å²) in [5, 5.41) is 14.0. The molecule has 0 fully saturated rings. The van der Waals surface area contributed by atoms with Crippen LogP contribution >= 0.6 is 0 Å². The second kappa shape index (κ2) is 7.37. The van der Waals surface area contributed by atoms with Gasteiger partial charge in [-0.1, -0.05) is 18.2 Å². The number of amides is 2. The van der Waals surface area contributed by atoms with Gasteiger partial charge in [-0.3, -0.25) is 4.79 Å². The number of benzene rings is 1. The number of ether oxygens (including phenoxy) is 1. The highest BCUT2D eigenvalue weighted by atomic mass is 16.5. The zero-order chi connectivity index (χ0) is 15.0. The molecule has 20 heavy (non-hydrogen) atoms. The SMILES string of the molecule is CC(C)(CNC(=O)NCCOc1ccccc1)C(=O)O. The Hall–Kier alpha value is -2.24. The number of hydrogen-bond acceptors (Lipinski definition) is 3. The third-order valence-electron chi connectivity index (χ3n) is 2.67. The normalized spacial score (nSPS) is 10.7. The van der Waals surface area contributed by atoms with Crippen LogP contribution in [0.1, 0.15) is 13.8 Å². The molecule has 3 N–H and O–H groups in total. The van der Waals surface area contributed by atoms with E-state index in [1.165, 1.54) is 0 Å². The van der Waals surface area contributed by atoms with Gasteiger partial charge in [-0.05, 0) is 26.0 Å². The summed E-state index contributed by atoms with van der Waals surface area (Å²) in [6, 6.07) is 8.87. The smallest absolute Gasteiger partial charge is 0.314 e. The minimum atomic E-state index is -0.988. The number of carbonyl (C=O) groups excluding carboxylic acids is 1. The van der Waals surface area contributed by atoms with E-state index in [1.54, 1.807) is 13.8 Å². The molecule has 0 spiro atoms. The number of urea groups is 1. The molecule has 6 nitrogen and oxygen atoms in total. The number of carboxylic acids is 1. The van der Waals surface area contributed by atoms with Gasteiger partial charge in [0, 0.05) is 6.54 Å². The highest BCUT2D eigenvalue weighted by molar-refractivity contribution is 5.77. The summed E-state index contributed by atoms with van der Waals surface area (Å²) in [5.74, 6) is -0.216. The summed E-state index contributed by atoms with van der Waals surface area (Å²) < 4.78 is 5.40. The van der Waals surface area contributed by atoms with Crippen molar-refractivity contribution >= 4 is 12.0 Å². The maximum absolute atomic E-state index is 11.5. The number of rotatable bonds is 7. The molecule has 0 atom stereocenters. The van der Waals surface area contributed by atoms with Crippen LogP contribution in [-0.2, 0) is 4.79 Å². The lowest BCUT2D eigenvalue weighted by molar-refractivity contribution is -0.146. The van der Waals surface area contributed by atoms with Crippen LogP contribution in [0, 0.1) is 5.41 Å². The standard InChI is InChI=1S/C14H20N2O4/c1-14(2,12(17)18)10-16-13(19)15-8-9-20-11-6-4-3-5-7-11/h3-7H,8-10H2,1-2H3,(H,17,18)(H2,15,16,19). The summed E-state index contributed by atoms with van der Waals surface area (Å²) in [6.07, 6.45) is 0. The van der Waals surface area contributed by atoms with E-state index in [9.17, 15) is 9.59 Å². The van der Waals surface area contributed by atoms with Crippen LogP contribution in [-0.4, -0.2) is 36.8 Å². The quantitative estimate of drug-likeness (QED) is 0.660. The Balaban J connectivity index is 2.16. The molecule has 0 radical (unpaired) electrons. The number of carbonyl (C=O) groups is 2. The largest absolute Gasteiger partial charge is 0.492 e. The number of carboxylic acid groups (broad SMARTS) is 1. The molecule has 0 aliphatic carbocycles. The lowest BCUT2D eigenvalue weighted by atomic mass is 9.94. The molecule has 1 aromatic rings. The average molecular weight is 280 g/mol. The topological polar surface area (TPSA) is 87.7 Å². The molecule has 0 bridgehead atoms. The number of aliphatic carboxylic acids is 1. The Morgan fingerprint density at radius 1 is 1.20 bits per heavy atom. The number of nitrogens with one attached hydrogen (secondary N) is 2. The molecule has 0 aliphatic heterocycles. The van der Waals surface area contributed by atoms with E-state index in [0.29, 0.717) is 13.2 Å². The monoisotopic (exact) mass is 280 g/mol. The first kappa shape index (κ1) is 15.8. The fraction of sp³-hybridized carbons (Fsp3) is 0.429. The second-order valence-electron chi connectivity index (χ2n) is 4.96. The number of para-hydroxylation sites is 1. The molecule has 0 aliphatic rings. The van der Waals surface area contributed by atoms with Gasteiger partial charge in [0.2, 0.25) is 0 Å². The van der Waals surface area contributed by atoms with Gasteiger partial charge in [0.1, 0.15) is 12.4 Å². The van der Waals surface area contributed by atoms with Crippen LogP contribution in [0.3, 0.4) is 0 Å². The Morgan fingerprint density at radius 2 is 1.85 bits per heavy atom. The van der Waals surface area contributed by atoms with Gasteiger partial charge in [-0.2, -0.15) is 0 Å². The zero-order valence-corrected chi connectivity index (χ0v) is 11.7. The summed E-state index contributed by atoms with van der Waals surface area (Å²) in [6.45, 7) is 3.85. The summed E-state index contributed by atoms with van der Waals surface area (Å²) in [5.41, 5.74) is -0.988. The van der Waals surface area contributed by atoms with Crippen LogP contribution in [0.5, 0.6) is 5.75 Å². The molecule has 1 aromatic carbocycles. The van der Waals surface area contributed by atoms with Crippen LogP contribution in [0.15, 0.2) is 30.3 Å². The Morgan fingerprint density at radius 3 is 2.45 bits per heavy atom. The number of hydrogen-bond donors (Lipinski definition) is 3. The summed E-state index contributed by atoms with van der Waals surface area (Å²) in [7, 11) is 0. The van der Waals surface area contributed by atoms with Gasteiger partial charge >= 0.3 is 12.0 Å². The molecule has 1 rings (SSSR count). The van der Waals surface area contributed by atoms with E-state index in [2.05, 4.69) is 10.6 Å². The van der Waals surface area contributed by atoms with Crippen molar-refractivity contribution in [1.29, 1.82) is 0 Å². The first-order chi connectivity index (χ1) is 9.42. The summed E-state index contributed by atoms with van der Waals surface area (Å²) >= 11 is 0. The van der Waals surface area contributed by atoms with E-state index in [4.69, 9.17) is 9.84 Å². The molecule has 0 saturated carbocycles. The Kier molecular flexibility index (Phi) is 5.83. The van der Waals surface area contributed by atoms with Crippen LogP contribution in [0.25, 0.3) is 0 Å². The molecule has 2 amide bonds. The van der Waals surface area contributed by atoms with Crippen molar-refractivity contribution in [1.82, 2.24) is 10.6 Å². The maximum atomic E-state index is 11.5. The molecule has 110 valence electrons. The summed E-state index contributed by atoms with van der Waals surface area (Å²) in [4.78, 5) is 22.3. The van der Waals surface area contributed by atoms with Crippen LogP contribution in [0.2, 0.25) is 0 Å². The molecular weight excluding hydrogens is 260 g/mol. The van der Waals surface area contributed by atoms with E-state index < -0.39 is 17.4 Å². The Labute approximate surface area is 118 Å². The highest BCUT2D eigenvalue weighted by Gasteiger charge is 2.27. The highest BCUT2D eigenvalue weighted by Crippen LogP contribution is 2.12. The average Bonchev–Trinajstić information content (AvgIpc) is 2.42. The van der Waals surface area contributed by atoms with E-state index in [0.717, 1.165) is 5.75 Å². The van der Waals surface area contributed by atoms with Crippen LogP contribution in [0.4, 0.5) is 4.79 Å². The predicted molar refractivity (Wildman–Crippen MR) is 74.8 cm³/mol. The lowest BCUT2D eigenvalue weighted by Gasteiger charge is -2.19. The zero-order valence-electron chi connectivity index (χ0n) is 11.7. The van der Waals surface area contributed by atoms with E-state index >= 15 is 0 Å². The molecule has 0 saturated heterocycles. The van der Waals surface area contributed by atoms with Crippen molar-refractivity contribution in [2.75, 3.05) is 19.7 Å². The van der Waals surface area contributed by atoms with Crippen molar-refractivity contribution in [3.63, 3.8) is 0 Å².